The van der Waals surface area contributed by atoms with Gasteiger partial charge in [-0.05, 0) is 32.6 Å². The van der Waals surface area contributed by atoms with Gasteiger partial charge in [-0.1, -0.05) is 0 Å². The molecular weight excluding hydrogens is 196 g/mol. The van der Waals surface area contributed by atoms with Crippen molar-refractivity contribution in [2.24, 2.45) is 17.8 Å². The summed E-state index contributed by atoms with van der Waals surface area (Å²) in [5.41, 5.74) is 0. The molecule has 84 valence electrons. The summed E-state index contributed by atoms with van der Waals surface area (Å²) in [5.74, 6) is -0.857. The zero-order chi connectivity index (χ0) is 10.8. The molecule has 0 aromatic carbocycles. The molecule has 1 aliphatic heterocycles. The maximum Gasteiger partial charge on any atom is 0.306 e. The van der Waals surface area contributed by atoms with Crippen LogP contribution in [-0.4, -0.2) is 29.1 Å². The van der Waals surface area contributed by atoms with E-state index in [-0.39, 0.29) is 24.0 Å². The molecule has 4 heteroatoms. The second-order valence-corrected chi connectivity index (χ2v) is 5.40. The van der Waals surface area contributed by atoms with Crippen molar-refractivity contribution in [3.05, 3.63) is 0 Å². The van der Waals surface area contributed by atoms with Gasteiger partial charge in [-0.15, -0.1) is 0 Å². The first-order chi connectivity index (χ1) is 6.98. The lowest BCUT2D eigenvalue weighted by Gasteiger charge is -2.26. The lowest BCUT2D eigenvalue weighted by molar-refractivity contribution is -0.160. The summed E-state index contributed by atoms with van der Waals surface area (Å²) in [6.07, 6.45) is 1.88. The minimum atomic E-state index is -0.672. The van der Waals surface area contributed by atoms with E-state index in [1.807, 2.05) is 13.8 Å². The number of rotatable bonds is 1. The van der Waals surface area contributed by atoms with Gasteiger partial charge in [-0.25, -0.2) is 0 Å². The molecule has 0 amide bonds. The third-order valence-electron chi connectivity index (χ3n) is 4.02. The van der Waals surface area contributed by atoms with Crippen molar-refractivity contribution in [2.75, 3.05) is 0 Å². The molecule has 1 N–H and O–H groups in total. The van der Waals surface area contributed by atoms with Crippen LogP contribution < -0.4 is 0 Å². The van der Waals surface area contributed by atoms with E-state index in [4.69, 9.17) is 14.6 Å². The summed E-state index contributed by atoms with van der Waals surface area (Å²) in [7, 11) is 0. The SMILES string of the molecule is CC1(C)O[C@@H]2[C@@H]3C[C@H]([C@@H]2O1)[C@H](C(=O)O)C3. The molecule has 3 fully saturated rings. The molecule has 0 spiro atoms. The largest absolute Gasteiger partial charge is 0.481 e. The van der Waals surface area contributed by atoms with Crippen LogP contribution in [0.3, 0.4) is 0 Å². The Morgan fingerprint density at radius 1 is 1.27 bits per heavy atom. The van der Waals surface area contributed by atoms with E-state index in [2.05, 4.69) is 0 Å². The number of carboxylic acid groups (broad SMARTS) is 1. The number of aliphatic carboxylic acids is 1. The summed E-state index contributed by atoms with van der Waals surface area (Å²) in [5, 5.41) is 9.09. The fourth-order valence-electron chi connectivity index (χ4n) is 3.54. The molecule has 15 heavy (non-hydrogen) atoms. The Labute approximate surface area is 88.6 Å². The number of hydrogen-bond donors (Lipinski definition) is 1. The van der Waals surface area contributed by atoms with Crippen molar-refractivity contribution >= 4 is 5.97 Å². The van der Waals surface area contributed by atoms with Crippen molar-refractivity contribution < 1.29 is 19.4 Å². The highest BCUT2D eigenvalue weighted by atomic mass is 16.8. The lowest BCUT2D eigenvalue weighted by Crippen LogP contribution is -2.37. The standard InChI is InChI=1S/C11H16O4/c1-11(2)14-8-5-3-6(9(8)15-11)7(4-5)10(12)13/h5-9H,3-4H2,1-2H3,(H,12,13)/t5-,6+,7-,8-,9+/m1/s1. The first-order valence-electron chi connectivity index (χ1n) is 5.56. The summed E-state index contributed by atoms with van der Waals surface area (Å²) < 4.78 is 11.6. The Kier molecular flexibility index (Phi) is 1.75. The molecule has 2 bridgehead atoms. The number of carboxylic acids is 1. The molecule has 0 unspecified atom stereocenters. The van der Waals surface area contributed by atoms with E-state index >= 15 is 0 Å². The normalized spacial score (nSPS) is 50.7. The highest BCUT2D eigenvalue weighted by Gasteiger charge is 2.61. The van der Waals surface area contributed by atoms with E-state index in [9.17, 15) is 4.79 Å². The van der Waals surface area contributed by atoms with Crippen LogP contribution in [0.25, 0.3) is 0 Å². The molecular formula is C11H16O4. The lowest BCUT2D eigenvalue weighted by atomic mass is 9.85. The second-order valence-electron chi connectivity index (χ2n) is 5.40. The van der Waals surface area contributed by atoms with Crippen LogP contribution in [0.1, 0.15) is 26.7 Å². The fourth-order valence-corrected chi connectivity index (χ4v) is 3.54. The topological polar surface area (TPSA) is 55.8 Å². The minimum Gasteiger partial charge on any atom is -0.481 e. The smallest absolute Gasteiger partial charge is 0.306 e. The van der Waals surface area contributed by atoms with Crippen LogP contribution in [0, 0.1) is 17.8 Å². The van der Waals surface area contributed by atoms with E-state index in [1.54, 1.807) is 0 Å². The van der Waals surface area contributed by atoms with Gasteiger partial charge >= 0.3 is 5.97 Å². The van der Waals surface area contributed by atoms with Crippen LogP contribution >= 0.6 is 0 Å². The van der Waals surface area contributed by atoms with E-state index in [1.165, 1.54) is 0 Å². The molecule has 1 heterocycles. The average Bonchev–Trinajstić information content (AvgIpc) is 2.70. The highest BCUT2D eigenvalue weighted by Crippen LogP contribution is 2.55. The molecule has 0 radical (unpaired) electrons. The van der Waals surface area contributed by atoms with Crippen LogP contribution in [0.15, 0.2) is 0 Å². The Morgan fingerprint density at radius 3 is 2.60 bits per heavy atom. The Hall–Kier alpha value is -0.610. The van der Waals surface area contributed by atoms with E-state index in [0.717, 1.165) is 12.8 Å². The van der Waals surface area contributed by atoms with Gasteiger partial charge < -0.3 is 14.6 Å². The third-order valence-corrected chi connectivity index (χ3v) is 4.02. The number of carbonyl (C=O) groups is 1. The van der Waals surface area contributed by atoms with Crippen molar-refractivity contribution in [2.45, 2.75) is 44.7 Å². The second kappa shape index (κ2) is 2.74. The maximum absolute atomic E-state index is 11.0. The zero-order valence-corrected chi connectivity index (χ0v) is 8.97. The maximum atomic E-state index is 11.0. The molecule has 2 saturated carbocycles. The molecule has 3 rings (SSSR count). The van der Waals surface area contributed by atoms with Crippen LogP contribution in [0.2, 0.25) is 0 Å². The fraction of sp³-hybridized carbons (Fsp3) is 0.909. The summed E-state index contributed by atoms with van der Waals surface area (Å²) in [4.78, 5) is 11.0. The van der Waals surface area contributed by atoms with Gasteiger partial charge in [0, 0.05) is 5.92 Å². The van der Waals surface area contributed by atoms with Gasteiger partial charge in [0.2, 0.25) is 0 Å². The van der Waals surface area contributed by atoms with Crippen molar-refractivity contribution in [3.8, 4) is 0 Å². The van der Waals surface area contributed by atoms with Gasteiger partial charge in [-0.2, -0.15) is 0 Å². The van der Waals surface area contributed by atoms with Crippen molar-refractivity contribution in [1.29, 1.82) is 0 Å². The highest BCUT2D eigenvalue weighted by molar-refractivity contribution is 5.71. The van der Waals surface area contributed by atoms with Gasteiger partial charge in [0.25, 0.3) is 0 Å². The molecule has 5 atom stereocenters. The quantitative estimate of drug-likeness (QED) is 0.710. The number of fused-ring (bicyclic) bond motifs is 5. The van der Waals surface area contributed by atoms with Gasteiger partial charge in [-0.3, -0.25) is 4.79 Å². The Balaban J connectivity index is 1.84. The molecule has 0 aromatic heterocycles. The zero-order valence-electron chi connectivity index (χ0n) is 8.97. The van der Waals surface area contributed by atoms with Crippen molar-refractivity contribution in [3.63, 3.8) is 0 Å². The van der Waals surface area contributed by atoms with E-state index < -0.39 is 11.8 Å². The Bertz CT molecular complexity index is 312. The van der Waals surface area contributed by atoms with Gasteiger partial charge in [0.1, 0.15) is 0 Å². The average molecular weight is 212 g/mol. The monoisotopic (exact) mass is 212 g/mol. The van der Waals surface area contributed by atoms with Crippen LogP contribution in [-0.2, 0) is 14.3 Å². The molecule has 0 aromatic rings. The molecule has 3 aliphatic rings. The van der Waals surface area contributed by atoms with Crippen LogP contribution in [0.4, 0.5) is 0 Å². The summed E-state index contributed by atoms with van der Waals surface area (Å²) in [6, 6.07) is 0. The number of ether oxygens (including phenoxy) is 2. The first-order valence-corrected chi connectivity index (χ1v) is 5.56. The minimum absolute atomic E-state index is 0.0137. The van der Waals surface area contributed by atoms with Crippen molar-refractivity contribution in [1.82, 2.24) is 0 Å². The third kappa shape index (κ3) is 1.24. The summed E-state index contributed by atoms with van der Waals surface area (Å²) >= 11 is 0. The number of hydrogen-bond acceptors (Lipinski definition) is 3. The molecule has 4 nitrogen and oxygen atoms in total. The predicted octanol–water partition coefficient (Wildman–Crippen LogP) is 1.25. The Morgan fingerprint density at radius 2 is 1.93 bits per heavy atom. The van der Waals surface area contributed by atoms with Crippen LogP contribution in [0.5, 0.6) is 0 Å². The summed E-state index contributed by atoms with van der Waals surface area (Å²) in [6.45, 7) is 3.81. The van der Waals surface area contributed by atoms with Gasteiger partial charge in [0.15, 0.2) is 5.79 Å². The first kappa shape index (κ1) is 9.60. The van der Waals surface area contributed by atoms with Gasteiger partial charge in [0.05, 0.1) is 18.1 Å². The molecule has 2 aliphatic carbocycles. The predicted molar refractivity (Wildman–Crippen MR) is 51.2 cm³/mol. The van der Waals surface area contributed by atoms with E-state index in [0.29, 0.717) is 5.92 Å². The molecule has 1 saturated heterocycles.